The van der Waals surface area contributed by atoms with Gasteiger partial charge >= 0.3 is 0 Å². The van der Waals surface area contributed by atoms with E-state index in [1.165, 1.54) is 18.2 Å². The van der Waals surface area contributed by atoms with Crippen molar-refractivity contribution in [2.24, 2.45) is 5.92 Å². The van der Waals surface area contributed by atoms with Crippen LogP contribution >= 0.6 is 0 Å². The summed E-state index contributed by atoms with van der Waals surface area (Å²) in [5, 5.41) is 12.8. The average Bonchev–Trinajstić information content (AvgIpc) is 3.07. The molecule has 1 aliphatic rings. The number of para-hydroxylation sites is 2. The Morgan fingerprint density at radius 2 is 1.73 bits per heavy atom. The fourth-order valence-electron chi connectivity index (χ4n) is 5.57. The summed E-state index contributed by atoms with van der Waals surface area (Å²) in [7, 11) is -1.92. The van der Waals surface area contributed by atoms with Crippen molar-refractivity contribution in [3.8, 4) is 5.75 Å². The maximum absolute atomic E-state index is 13.8. The first kappa shape index (κ1) is 34.4. The number of hydrogen-bond donors (Lipinski definition) is 4. The molecule has 0 aromatic heterocycles. The first-order chi connectivity index (χ1) is 22.9. The number of hydrogen-bond acceptors (Lipinski definition) is 8. The summed E-state index contributed by atoms with van der Waals surface area (Å²) in [5.74, 6) is -0.385. The van der Waals surface area contributed by atoms with Crippen LogP contribution in [0.5, 0.6) is 5.75 Å². The lowest BCUT2D eigenvalue weighted by Crippen LogP contribution is -2.49. The van der Waals surface area contributed by atoms with E-state index in [4.69, 9.17) is 10.5 Å². The highest BCUT2D eigenvalue weighted by molar-refractivity contribution is 7.92. The Kier molecular flexibility index (Phi) is 10.7. The number of amides is 2. The van der Waals surface area contributed by atoms with E-state index in [0.29, 0.717) is 42.3 Å². The van der Waals surface area contributed by atoms with Crippen LogP contribution in [0.15, 0.2) is 102 Å². The molecule has 0 aliphatic carbocycles. The van der Waals surface area contributed by atoms with Crippen molar-refractivity contribution in [3.63, 3.8) is 0 Å². The molecule has 5 rings (SSSR count). The zero-order chi connectivity index (χ0) is 34.4. The molecular formula is C36H41N5O6S. The summed E-state index contributed by atoms with van der Waals surface area (Å²) in [5.41, 5.74) is 8.92. The second kappa shape index (κ2) is 14.9. The number of likely N-dealkylation sites (N-methyl/N-ethyl adjacent to an activating group) is 1. The van der Waals surface area contributed by atoms with Crippen molar-refractivity contribution in [2.45, 2.75) is 37.4 Å². The zero-order valence-electron chi connectivity index (χ0n) is 27.2. The van der Waals surface area contributed by atoms with Crippen LogP contribution in [-0.2, 0) is 16.6 Å². The van der Waals surface area contributed by atoms with E-state index in [0.717, 1.165) is 5.56 Å². The van der Waals surface area contributed by atoms with Crippen molar-refractivity contribution in [1.82, 2.24) is 9.80 Å². The monoisotopic (exact) mass is 671 g/mol. The average molecular weight is 672 g/mol. The minimum atomic E-state index is -3.89. The van der Waals surface area contributed by atoms with Gasteiger partial charge in [-0.3, -0.25) is 19.2 Å². The molecule has 4 aromatic rings. The van der Waals surface area contributed by atoms with Crippen molar-refractivity contribution in [3.05, 3.63) is 114 Å². The molecule has 2 amide bonds. The fraction of sp³-hybridized carbons (Fsp3) is 0.278. The molecule has 1 aliphatic heterocycles. The first-order valence-corrected chi connectivity index (χ1v) is 17.2. The highest BCUT2D eigenvalue weighted by Gasteiger charge is 2.34. The van der Waals surface area contributed by atoms with E-state index in [1.807, 2.05) is 26.1 Å². The number of nitrogen functional groups attached to an aromatic ring is 1. The van der Waals surface area contributed by atoms with E-state index < -0.39 is 16.1 Å². The van der Waals surface area contributed by atoms with Crippen LogP contribution in [0.25, 0.3) is 0 Å². The lowest BCUT2D eigenvalue weighted by molar-refractivity contribution is 0.0341. The van der Waals surface area contributed by atoms with E-state index in [1.54, 1.807) is 78.6 Å². The molecule has 0 bridgehead atoms. The van der Waals surface area contributed by atoms with Gasteiger partial charge in [0.05, 0.1) is 34.5 Å². The number of nitrogens with zero attached hydrogens (tertiary/aromatic N) is 2. The van der Waals surface area contributed by atoms with Gasteiger partial charge in [-0.05, 0) is 74.1 Å². The third-order valence-corrected chi connectivity index (χ3v) is 9.74. The Morgan fingerprint density at radius 1 is 1.04 bits per heavy atom. The molecule has 5 N–H and O–H groups in total. The molecule has 0 fully saturated rings. The van der Waals surface area contributed by atoms with E-state index >= 15 is 0 Å². The topological polar surface area (TPSA) is 154 Å². The molecule has 1 heterocycles. The Balaban J connectivity index is 1.32. The molecule has 12 heteroatoms. The first-order valence-electron chi connectivity index (χ1n) is 15.7. The molecule has 4 aromatic carbocycles. The standard InChI is InChI=1S/C36H41N5O6S/c1-24-20-41(25(2)23-42)36(44)30-19-28(39-48(45,46)29-9-5-4-6-10-29)17-18-33(30)47-34(24)22-40(3)21-26-13-15-27(16-14-26)35(43)38-32-12-8-7-11-31(32)37/h4-19,24-25,34,39,42H,20-23,37H2,1-3H3,(H,38,43)/t24-,25-,34+/m1/s1. The van der Waals surface area contributed by atoms with E-state index in [9.17, 15) is 23.1 Å². The number of carbonyl (C=O) groups is 2. The maximum Gasteiger partial charge on any atom is 0.261 e. The van der Waals surface area contributed by atoms with E-state index in [-0.39, 0.29) is 46.6 Å². The number of aliphatic hydroxyl groups is 1. The van der Waals surface area contributed by atoms with Crippen LogP contribution in [0.4, 0.5) is 17.1 Å². The second-order valence-electron chi connectivity index (χ2n) is 12.2. The predicted molar refractivity (Wildman–Crippen MR) is 186 cm³/mol. The number of aliphatic hydroxyl groups excluding tert-OH is 1. The smallest absolute Gasteiger partial charge is 0.261 e. The summed E-state index contributed by atoms with van der Waals surface area (Å²) in [6.45, 7) is 4.95. The molecular weight excluding hydrogens is 630 g/mol. The number of sulfonamides is 1. The van der Waals surface area contributed by atoms with Gasteiger partial charge in [0, 0.05) is 36.8 Å². The summed E-state index contributed by atoms with van der Waals surface area (Å²) in [6.07, 6.45) is -0.344. The van der Waals surface area contributed by atoms with Crippen molar-refractivity contribution in [1.29, 1.82) is 0 Å². The molecule has 0 saturated heterocycles. The van der Waals surface area contributed by atoms with Gasteiger partial charge in [-0.15, -0.1) is 0 Å². The number of nitrogens with two attached hydrogens (primary N) is 1. The normalized spacial score (nSPS) is 17.1. The van der Waals surface area contributed by atoms with Gasteiger partial charge in [0.25, 0.3) is 21.8 Å². The summed E-state index contributed by atoms with van der Waals surface area (Å²) in [6, 6.07) is 26.6. The van der Waals surface area contributed by atoms with Gasteiger partial charge in [0.1, 0.15) is 11.9 Å². The van der Waals surface area contributed by atoms with Crippen LogP contribution in [-0.4, -0.2) is 74.0 Å². The van der Waals surface area contributed by atoms with Crippen molar-refractivity contribution >= 4 is 38.9 Å². The number of benzene rings is 4. The molecule has 0 unspecified atom stereocenters. The van der Waals surface area contributed by atoms with Crippen molar-refractivity contribution in [2.75, 3.05) is 42.5 Å². The third-order valence-electron chi connectivity index (χ3n) is 8.34. The molecule has 0 saturated carbocycles. The zero-order valence-corrected chi connectivity index (χ0v) is 28.0. The molecule has 48 heavy (non-hydrogen) atoms. The van der Waals surface area contributed by atoms with Gasteiger partial charge < -0.3 is 25.8 Å². The molecule has 252 valence electrons. The van der Waals surface area contributed by atoms with Crippen LogP contribution < -0.4 is 20.5 Å². The van der Waals surface area contributed by atoms with Gasteiger partial charge in [0.2, 0.25) is 0 Å². The summed E-state index contributed by atoms with van der Waals surface area (Å²) in [4.78, 5) is 30.4. The highest BCUT2D eigenvalue weighted by atomic mass is 32.2. The lowest BCUT2D eigenvalue weighted by atomic mass is 9.99. The number of anilines is 3. The predicted octanol–water partition coefficient (Wildman–Crippen LogP) is 4.67. The van der Waals surface area contributed by atoms with Gasteiger partial charge in [-0.25, -0.2) is 8.42 Å². The SMILES string of the molecule is C[C@@H]1CN([C@H](C)CO)C(=O)c2cc(NS(=O)(=O)c3ccccc3)ccc2O[C@H]1CN(C)Cc1ccc(C(=O)Nc2ccccc2N)cc1. The number of fused-ring (bicyclic) bond motifs is 1. The number of nitrogens with one attached hydrogen (secondary N) is 2. The molecule has 3 atom stereocenters. The summed E-state index contributed by atoms with van der Waals surface area (Å²) < 4.78 is 35.0. The van der Waals surface area contributed by atoms with Gasteiger partial charge in [-0.2, -0.15) is 0 Å². The molecule has 0 spiro atoms. The quantitative estimate of drug-likeness (QED) is 0.168. The fourth-order valence-corrected chi connectivity index (χ4v) is 6.64. The summed E-state index contributed by atoms with van der Waals surface area (Å²) >= 11 is 0. The van der Waals surface area contributed by atoms with Gasteiger partial charge in [0.15, 0.2) is 0 Å². The van der Waals surface area contributed by atoms with Crippen LogP contribution in [0, 0.1) is 5.92 Å². The van der Waals surface area contributed by atoms with Gasteiger partial charge in [-0.1, -0.05) is 49.4 Å². The maximum atomic E-state index is 13.8. The minimum Gasteiger partial charge on any atom is -0.488 e. The molecule has 11 nitrogen and oxygen atoms in total. The Labute approximate surface area is 281 Å². The number of carbonyl (C=O) groups excluding carboxylic acids is 2. The van der Waals surface area contributed by atoms with Crippen LogP contribution in [0.2, 0.25) is 0 Å². The van der Waals surface area contributed by atoms with Crippen molar-refractivity contribution < 1.29 is 27.9 Å². The third kappa shape index (κ3) is 8.14. The van der Waals surface area contributed by atoms with E-state index in [2.05, 4.69) is 14.9 Å². The van der Waals surface area contributed by atoms with Crippen LogP contribution in [0.3, 0.4) is 0 Å². The van der Waals surface area contributed by atoms with Crippen LogP contribution in [0.1, 0.15) is 40.1 Å². The Hall–Kier alpha value is -4.91. The second-order valence-corrected chi connectivity index (χ2v) is 13.9. The Bertz CT molecular complexity index is 1850. The minimum absolute atomic E-state index is 0.0991. The number of rotatable bonds is 11. The largest absolute Gasteiger partial charge is 0.488 e. The number of ether oxygens (including phenoxy) is 1. The molecule has 0 radical (unpaired) electrons. The highest BCUT2D eigenvalue weighted by Crippen LogP contribution is 2.31. The Morgan fingerprint density at radius 3 is 2.42 bits per heavy atom. The lowest BCUT2D eigenvalue weighted by Gasteiger charge is -2.38.